The predicted octanol–water partition coefficient (Wildman–Crippen LogP) is 10.1. The van der Waals surface area contributed by atoms with Gasteiger partial charge < -0.3 is 10.4 Å². The molecule has 0 bridgehead atoms. The molecule has 7 heteroatoms. The molecule has 0 saturated heterocycles. The van der Waals surface area contributed by atoms with Gasteiger partial charge in [-0.15, -0.1) is 0 Å². The Bertz CT molecular complexity index is 936. The molecule has 3 N–H and O–H groups in total. The molecule has 0 fully saturated rings. The van der Waals surface area contributed by atoms with Gasteiger partial charge >= 0.3 is 0 Å². The van der Waals surface area contributed by atoms with Crippen molar-refractivity contribution in [3.05, 3.63) is 60.8 Å². The van der Waals surface area contributed by atoms with Gasteiger partial charge in [-0.25, -0.2) is 0 Å². The highest BCUT2D eigenvalue weighted by Gasteiger charge is 2.24. The predicted molar refractivity (Wildman–Crippen MR) is 193 cm³/mol. The first kappa shape index (κ1) is 43.0. The minimum absolute atomic E-state index is 0.266. The van der Waals surface area contributed by atoms with Crippen LogP contribution in [0.15, 0.2) is 60.8 Å². The lowest BCUT2D eigenvalue weighted by Crippen LogP contribution is -2.46. The fourth-order valence-electron chi connectivity index (χ4n) is 4.92. The van der Waals surface area contributed by atoms with Gasteiger partial charge in [0.05, 0.1) is 17.9 Å². The maximum absolute atomic E-state index is 12.4. The second-order valence-corrected chi connectivity index (χ2v) is 13.6. The van der Waals surface area contributed by atoms with Crippen molar-refractivity contribution in [3.63, 3.8) is 0 Å². The van der Waals surface area contributed by atoms with Crippen LogP contribution in [-0.4, -0.2) is 41.9 Å². The Morgan fingerprint density at radius 3 is 1.58 bits per heavy atom. The van der Waals surface area contributed by atoms with Gasteiger partial charge in [-0.2, -0.15) is 8.42 Å². The standard InChI is InChI=1S/C38H67NO5S/c1-3-5-7-9-11-13-15-17-19-21-23-25-27-29-31-33-37(40)36(35-45(42,43)44)39-38(41)34-32-30-28-26-24-22-20-18-16-14-12-10-8-6-4-2/h12,14-15,17-18,20,23,25,31,33,36-37,40H,3-11,13,16,19,21-22,24,26-30,32,34-35H2,1-2H3,(H,39,41)(H,42,43,44)/b14-12-,17-15+,20-18-,25-23+,33-31+. The number of carbonyl (C=O) groups excluding carboxylic acids is 1. The molecule has 0 heterocycles. The average Bonchev–Trinajstić information content (AvgIpc) is 3.00. The summed E-state index contributed by atoms with van der Waals surface area (Å²) in [5.74, 6) is -1.03. The summed E-state index contributed by atoms with van der Waals surface area (Å²) in [6, 6.07) is -1.09. The minimum atomic E-state index is -4.36. The van der Waals surface area contributed by atoms with E-state index < -0.39 is 28.0 Å². The van der Waals surface area contributed by atoms with Crippen molar-refractivity contribution in [1.29, 1.82) is 0 Å². The minimum Gasteiger partial charge on any atom is -0.387 e. The molecular weight excluding hydrogens is 582 g/mol. The Labute approximate surface area is 277 Å². The highest BCUT2D eigenvalue weighted by atomic mass is 32.2. The Balaban J connectivity index is 4.13. The van der Waals surface area contributed by atoms with Crippen LogP contribution in [-0.2, 0) is 14.9 Å². The number of hydrogen-bond acceptors (Lipinski definition) is 4. The van der Waals surface area contributed by atoms with E-state index in [0.29, 0.717) is 12.8 Å². The average molecular weight is 650 g/mol. The summed E-state index contributed by atoms with van der Waals surface area (Å²) >= 11 is 0. The van der Waals surface area contributed by atoms with Crippen molar-refractivity contribution in [1.82, 2.24) is 5.32 Å². The van der Waals surface area contributed by atoms with Gasteiger partial charge in [-0.3, -0.25) is 9.35 Å². The van der Waals surface area contributed by atoms with Crippen molar-refractivity contribution in [2.45, 2.75) is 167 Å². The number of hydrogen-bond donors (Lipinski definition) is 3. The molecule has 0 spiro atoms. The topological polar surface area (TPSA) is 104 Å². The smallest absolute Gasteiger partial charge is 0.267 e. The zero-order valence-electron chi connectivity index (χ0n) is 28.7. The van der Waals surface area contributed by atoms with Gasteiger partial charge in [-0.05, 0) is 77.0 Å². The van der Waals surface area contributed by atoms with E-state index in [1.807, 2.05) is 0 Å². The monoisotopic (exact) mass is 649 g/mol. The van der Waals surface area contributed by atoms with Crippen LogP contribution >= 0.6 is 0 Å². The molecule has 2 unspecified atom stereocenters. The zero-order valence-corrected chi connectivity index (χ0v) is 29.5. The van der Waals surface area contributed by atoms with Crippen molar-refractivity contribution >= 4 is 16.0 Å². The summed E-state index contributed by atoms with van der Waals surface area (Å²) in [5, 5.41) is 13.1. The molecule has 6 nitrogen and oxygen atoms in total. The lowest BCUT2D eigenvalue weighted by molar-refractivity contribution is -0.122. The van der Waals surface area contributed by atoms with Gasteiger partial charge in [0.1, 0.15) is 0 Å². The van der Waals surface area contributed by atoms with E-state index >= 15 is 0 Å². The number of carbonyl (C=O) groups is 1. The Morgan fingerprint density at radius 2 is 1.02 bits per heavy atom. The van der Waals surface area contributed by atoms with E-state index in [-0.39, 0.29) is 12.3 Å². The first-order valence-corrected chi connectivity index (χ1v) is 19.6. The van der Waals surface area contributed by atoms with E-state index in [1.54, 1.807) is 6.08 Å². The van der Waals surface area contributed by atoms with Crippen LogP contribution in [0.25, 0.3) is 0 Å². The summed E-state index contributed by atoms with van der Waals surface area (Å²) in [6.45, 7) is 4.46. The van der Waals surface area contributed by atoms with E-state index in [4.69, 9.17) is 0 Å². The molecule has 0 aromatic carbocycles. The summed E-state index contributed by atoms with van der Waals surface area (Å²) in [4.78, 5) is 12.4. The fraction of sp³-hybridized carbons (Fsp3) is 0.711. The number of unbranched alkanes of at least 4 members (excludes halogenated alkanes) is 15. The lowest BCUT2D eigenvalue weighted by atomic mass is 10.1. The van der Waals surface area contributed by atoms with Crippen LogP contribution in [0, 0.1) is 0 Å². The molecule has 0 aromatic rings. The third kappa shape index (κ3) is 33.2. The molecule has 0 rings (SSSR count). The zero-order chi connectivity index (χ0) is 33.3. The second-order valence-electron chi connectivity index (χ2n) is 12.1. The van der Waals surface area contributed by atoms with Crippen molar-refractivity contribution in [3.8, 4) is 0 Å². The molecule has 2 atom stereocenters. The van der Waals surface area contributed by atoms with Crippen LogP contribution in [0.3, 0.4) is 0 Å². The molecule has 0 aromatic heterocycles. The third-order valence-corrected chi connectivity index (χ3v) is 8.42. The number of aliphatic hydroxyl groups excluding tert-OH is 1. The van der Waals surface area contributed by atoms with Crippen molar-refractivity contribution < 1.29 is 22.9 Å². The molecule has 0 aliphatic carbocycles. The first-order valence-electron chi connectivity index (χ1n) is 18.0. The van der Waals surface area contributed by atoms with Crippen LogP contribution in [0.5, 0.6) is 0 Å². The number of aliphatic hydroxyl groups is 1. The van der Waals surface area contributed by atoms with Gasteiger partial charge in [0.15, 0.2) is 0 Å². The van der Waals surface area contributed by atoms with E-state index in [2.05, 4.69) is 67.8 Å². The van der Waals surface area contributed by atoms with Gasteiger partial charge in [0.25, 0.3) is 10.1 Å². The van der Waals surface area contributed by atoms with Crippen LogP contribution in [0.4, 0.5) is 0 Å². The fourth-order valence-corrected chi connectivity index (χ4v) is 5.65. The molecule has 45 heavy (non-hydrogen) atoms. The van der Waals surface area contributed by atoms with Gasteiger partial charge in [0.2, 0.25) is 5.91 Å². The van der Waals surface area contributed by atoms with E-state index in [9.17, 15) is 22.9 Å². The van der Waals surface area contributed by atoms with Crippen LogP contribution < -0.4 is 5.32 Å². The largest absolute Gasteiger partial charge is 0.387 e. The number of allylic oxidation sites excluding steroid dienone is 9. The SMILES string of the molecule is CCCCC/C=C\C/C=C\CCCCCCCC(=O)NC(CS(=O)(=O)O)C(O)/C=C/CC/C=C/CC/C=C/CCCCCCC. The van der Waals surface area contributed by atoms with Gasteiger partial charge in [0, 0.05) is 6.42 Å². The molecule has 0 aliphatic rings. The summed E-state index contributed by atoms with van der Waals surface area (Å²) < 4.78 is 32.3. The summed E-state index contributed by atoms with van der Waals surface area (Å²) in [6.07, 6.45) is 43.4. The number of rotatable bonds is 31. The third-order valence-electron chi connectivity index (χ3n) is 7.64. The highest BCUT2D eigenvalue weighted by molar-refractivity contribution is 7.85. The number of nitrogens with one attached hydrogen (secondary N) is 1. The van der Waals surface area contributed by atoms with Crippen molar-refractivity contribution in [2.24, 2.45) is 0 Å². The Hall–Kier alpha value is -1.96. The number of amides is 1. The summed E-state index contributed by atoms with van der Waals surface area (Å²) in [7, 11) is -4.36. The maximum atomic E-state index is 12.4. The normalized spacial score (nSPS) is 14.1. The highest BCUT2D eigenvalue weighted by Crippen LogP contribution is 2.10. The molecule has 0 radical (unpaired) electrons. The quantitative estimate of drug-likeness (QED) is 0.0394. The Kier molecular flexibility index (Phi) is 30.6. The van der Waals surface area contributed by atoms with E-state index in [1.165, 1.54) is 63.9 Å². The summed E-state index contributed by atoms with van der Waals surface area (Å²) in [5.41, 5.74) is 0. The van der Waals surface area contributed by atoms with Crippen LogP contribution in [0.1, 0.15) is 155 Å². The lowest BCUT2D eigenvalue weighted by Gasteiger charge is -2.21. The van der Waals surface area contributed by atoms with Crippen molar-refractivity contribution in [2.75, 3.05) is 5.75 Å². The van der Waals surface area contributed by atoms with Gasteiger partial charge in [-0.1, -0.05) is 132 Å². The molecule has 1 amide bonds. The Morgan fingerprint density at radius 1 is 0.600 bits per heavy atom. The van der Waals surface area contributed by atoms with E-state index in [0.717, 1.165) is 64.2 Å². The molecule has 260 valence electrons. The first-order chi connectivity index (χ1) is 21.8. The van der Waals surface area contributed by atoms with Crippen LogP contribution in [0.2, 0.25) is 0 Å². The molecular formula is C38H67NO5S. The maximum Gasteiger partial charge on any atom is 0.267 e. The molecule has 0 aliphatic heterocycles. The molecule has 0 saturated carbocycles. The second kappa shape index (κ2) is 32.0.